The van der Waals surface area contributed by atoms with Crippen LogP contribution in [0.1, 0.15) is 18.5 Å². The summed E-state index contributed by atoms with van der Waals surface area (Å²) < 4.78 is 39.5. The van der Waals surface area contributed by atoms with Gasteiger partial charge in [-0.05, 0) is 32.0 Å². The van der Waals surface area contributed by atoms with Crippen LogP contribution in [0.5, 0.6) is 0 Å². The average molecular weight is 390 g/mol. The number of carboxylic acids is 1. The summed E-state index contributed by atoms with van der Waals surface area (Å²) in [6.07, 6.45) is -5.24. The third kappa shape index (κ3) is 3.63. The zero-order valence-corrected chi connectivity index (χ0v) is 14.5. The van der Waals surface area contributed by atoms with Gasteiger partial charge in [-0.3, -0.25) is 9.59 Å². The number of nitrogens with zero attached hydrogens (tertiary/aromatic N) is 3. The topological polar surface area (TPSA) is 95.4 Å². The molecule has 2 N–H and O–H groups in total. The lowest BCUT2D eigenvalue weighted by atomic mass is 9.77. The summed E-state index contributed by atoms with van der Waals surface area (Å²) in [5.74, 6) is -1.63. The number of aromatic nitrogens is 2. The molecule has 1 saturated heterocycles. The van der Waals surface area contributed by atoms with E-state index in [4.69, 9.17) is 5.11 Å². The number of hydrogen-bond donors (Lipinski definition) is 2. The lowest BCUT2D eigenvalue weighted by Crippen LogP contribution is -2.52. The fourth-order valence-corrected chi connectivity index (χ4v) is 3.81. The normalized spacial score (nSPS) is 20.3. The summed E-state index contributed by atoms with van der Waals surface area (Å²) in [5, 5.41) is 20.5. The van der Waals surface area contributed by atoms with Crippen LogP contribution in [0.3, 0.4) is 0 Å². The van der Waals surface area contributed by atoms with E-state index in [1.54, 1.807) is 11.0 Å². The molecule has 0 aliphatic carbocycles. The van der Waals surface area contributed by atoms with Gasteiger partial charge in [0.1, 0.15) is 5.03 Å². The van der Waals surface area contributed by atoms with E-state index < -0.39 is 30.4 Å². The van der Waals surface area contributed by atoms with Crippen LogP contribution in [-0.4, -0.2) is 63.6 Å². The van der Waals surface area contributed by atoms with E-state index in [1.165, 1.54) is 11.8 Å². The number of fused-ring (bicyclic) bond motifs is 1. The fraction of sp³-hybridized carbons (Fsp3) is 0.600. The van der Waals surface area contributed by atoms with Gasteiger partial charge in [-0.2, -0.15) is 18.3 Å². The van der Waals surface area contributed by atoms with Crippen molar-refractivity contribution < 1.29 is 27.9 Å². The van der Waals surface area contributed by atoms with E-state index in [-0.39, 0.29) is 19.0 Å². The number of alkyl halides is 3. The van der Waals surface area contributed by atoms with Crippen LogP contribution < -0.4 is 5.32 Å². The first-order valence-electron chi connectivity index (χ1n) is 8.03. The van der Waals surface area contributed by atoms with E-state index in [9.17, 15) is 22.8 Å². The Morgan fingerprint density at radius 3 is 2.65 bits per heavy atom. The lowest BCUT2D eigenvalue weighted by molar-refractivity contribution is -0.242. The molecule has 0 spiro atoms. The number of carbonyl (C=O) groups excluding carboxylic acids is 1. The molecule has 2 aliphatic rings. The van der Waals surface area contributed by atoms with Crippen molar-refractivity contribution in [3.8, 4) is 0 Å². The van der Waals surface area contributed by atoms with Gasteiger partial charge in [0.05, 0.1) is 17.1 Å². The number of hydrogen-bond acceptors (Lipinski definition) is 6. The van der Waals surface area contributed by atoms with E-state index in [0.29, 0.717) is 35.1 Å². The molecule has 11 heteroatoms. The summed E-state index contributed by atoms with van der Waals surface area (Å²) >= 11 is 1.30. The monoisotopic (exact) mass is 390 g/mol. The molecular weight excluding hydrogens is 373 g/mol. The molecule has 1 aromatic rings. The van der Waals surface area contributed by atoms with Gasteiger partial charge in [0, 0.05) is 13.0 Å². The van der Waals surface area contributed by atoms with Crippen LogP contribution in [0.2, 0.25) is 0 Å². The molecule has 1 aromatic heterocycles. The maximum Gasteiger partial charge on any atom is 0.404 e. The Bertz CT molecular complexity index is 721. The second-order valence-electron chi connectivity index (χ2n) is 6.37. The highest BCUT2D eigenvalue weighted by Crippen LogP contribution is 2.46. The molecule has 0 unspecified atom stereocenters. The smallest absolute Gasteiger partial charge is 0.404 e. The number of piperidine rings is 1. The molecule has 0 saturated carbocycles. The molecule has 26 heavy (non-hydrogen) atoms. The Morgan fingerprint density at radius 2 is 2.04 bits per heavy atom. The number of carboxylic acid groups (broad SMARTS) is 1. The van der Waals surface area contributed by atoms with Crippen LogP contribution in [0.15, 0.2) is 11.1 Å². The molecule has 2 aliphatic heterocycles. The summed E-state index contributed by atoms with van der Waals surface area (Å²) in [4.78, 5) is 24.4. The second kappa shape index (κ2) is 7.03. The summed E-state index contributed by atoms with van der Waals surface area (Å²) in [7, 11) is 0. The first-order valence-corrected chi connectivity index (χ1v) is 9.01. The van der Waals surface area contributed by atoms with Crippen molar-refractivity contribution in [3.05, 3.63) is 11.8 Å². The van der Waals surface area contributed by atoms with Crippen molar-refractivity contribution in [2.24, 2.45) is 5.41 Å². The van der Waals surface area contributed by atoms with Crippen molar-refractivity contribution in [3.63, 3.8) is 0 Å². The maximum atomic E-state index is 13.2. The average Bonchev–Trinajstić information content (AvgIpc) is 2.58. The van der Waals surface area contributed by atoms with Crippen molar-refractivity contribution in [2.45, 2.75) is 30.5 Å². The van der Waals surface area contributed by atoms with Crippen molar-refractivity contribution in [2.75, 3.05) is 30.7 Å². The highest BCUT2D eigenvalue weighted by Gasteiger charge is 2.61. The standard InChI is InChI=1S/C15H17F3N4O3S/c16-15(17,18)14(13(24)25)2-5-22(6-3-14)4-1-9-7-10-12(21-20-9)26-8-11(23)19-10/h7H,1-6,8H2,(H,19,23)(H,24,25). The molecule has 0 aromatic carbocycles. The first-order chi connectivity index (χ1) is 12.2. The van der Waals surface area contributed by atoms with Crippen molar-refractivity contribution >= 4 is 29.3 Å². The number of thioether (sulfide) groups is 1. The Balaban J connectivity index is 1.58. The van der Waals surface area contributed by atoms with Crippen molar-refractivity contribution in [1.82, 2.24) is 15.1 Å². The van der Waals surface area contributed by atoms with Gasteiger partial charge in [-0.15, -0.1) is 5.10 Å². The number of likely N-dealkylation sites (tertiary alicyclic amines) is 1. The van der Waals surface area contributed by atoms with E-state index in [2.05, 4.69) is 15.5 Å². The maximum absolute atomic E-state index is 13.2. The molecule has 1 fully saturated rings. The van der Waals surface area contributed by atoms with E-state index >= 15 is 0 Å². The first kappa shape index (κ1) is 18.9. The van der Waals surface area contributed by atoms with Gasteiger partial charge in [0.25, 0.3) is 0 Å². The number of nitrogens with one attached hydrogen (secondary N) is 1. The molecule has 0 bridgehead atoms. The third-order valence-electron chi connectivity index (χ3n) is 4.77. The molecule has 0 radical (unpaired) electrons. The molecule has 7 nitrogen and oxygen atoms in total. The number of rotatable bonds is 4. The Kier molecular flexibility index (Phi) is 5.11. The number of aliphatic carboxylic acids is 1. The van der Waals surface area contributed by atoms with Gasteiger partial charge in [0.15, 0.2) is 5.41 Å². The molecule has 142 valence electrons. The molecule has 3 rings (SSSR count). The molecule has 1 amide bonds. The van der Waals surface area contributed by atoms with Crippen LogP contribution in [0.4, 0.5) is 18.9 Å². The third-order valence-corrected chi connectivity index (χ3v) is 5.75. The van der Waals surface area contributed by atoms with Gasteiger partial charge >= 0.3 is 12.1 Å². The lowest BCUT2D eigenvalue weighted by Gasteiger charge is -2.39. The summed E-state index contributed by atoms with van der Waals surface area (Å²) in [6.45, 7) is 0.551. The molecular formula is C15H17F3N4O3S. The van der Waals surface area contributed by atoms with Crippen LogP contribution >= 0.6 is 11.8 Å². The van der Waals surface area contributed by atoms with Crippen molar-refractivity contribution in [1.29, 1.82) is 0 Å². The van der Waals surface area contributed by atoms with Gasteiger partial charge in [0.2, 0.25) is 5.91 Å². The molecule has 0 atom stereocenters. The zero-order chi connectivity index (χ0) is 18.9. The highest BCUT2D eigenvalue weighted by molar-refractivity contribution is 8.00. The van der Waals surface area contributed by atoms with Gasteiger partial charge in [-0.25, -0.2) is 0 Å². The largest absolute Gasteiger partial charge is 0.481 e. The Morgan fingerprint density at radius 1 is 1.35 bits per heavy atom. The highest BCUT2D eigenvalue weighted by atomic mass is 32.2. The predicted molar refractivity (Wildman–Crippen MR) is 86.9 cm³/mol. The Labute approximate surface area is 151 Å². The van der Waals surface area contributed by atoms with E-state index in [1.807, 2.05) is 0 Å². The number of carbonyl (C=O) groups is 2. The van der Waals surface area contributed by atoms with Gasteiger partial charge in [-0.1, -0.05) is 11.8 Å². The minimum absolute atomic E-state index is 0.0523. The van der Waals surface area contributed by atoms with Crippen LogP contribution in [-0.2, 0) is 16.0 Å². The number of halogens is 3. The summed E-state index contributed by atoms with van der Waals surface area (Å²) in [5.41, 5.74) is -1.44. The fourth-order valence-electron chi connectivity index (χ4n) is 3.11. The second-order valence-corrected chi connectivity index (χ2v) is 7.33. The van der Waals surface area contributed by atoms with Crippen LogP contribution in [0, 0.1) is 5.41 Å². The Hall–Kier alpha value is -1.88. The number of anilines is 1. The predicted octanol–water partition coefficient (Wildman–Crippen LogP) is 1.79. The quantitative estimate of drug-likeness (QED) is 0.809. The minimum Gasteiger partial charge on any atom is -0.481 e. The van der Waals surface area contributed by atoms with Crippen LogP contribution in [0.25, 0.3) is 0 Å². The van der Waals surface area contributed by atoms with E-state index in [0.717, 1.165) is 0 Å². The van der Waals surface area contributed by atoms with Gasteiger partial charge < -0.3 is 15.3 Å². The number of amides is 1. The zero-order valence-electron chi connectivity index (χ0n) is 13.7. The SMILES string of the molecule is O=C1CSc2nnc(CCN3CCC(C(=O)O)(C(F)(F)F)CC3)cc2N1. The minimum atomic E-state index is -4.76. The molecule has 3 heterocycles. The summed E-state index contributed by atoms with van der Waals surface area (Å²) in [6, 6.07) is 1.72.